The molecule has 2 bridgehead atoms. The van der Waals surface area contributed by atoms with Gasteiger partial charge in [-0.1, -0.05) is 19.9 Å². The molecule has 1 heterocycles. The highest BCUT2D eigenvalue weighted by molar-refractivity contribution is 6.04. The van der Waals surface area contributed by atoms with Crippen molar-refractivity contribution in [3.63, 3.8) is 0 Å². The minimum Gasteiger partial charge on any atom is -0.478 e. The number of nitrogens with zero attached hydrogens (tertiary/aromatic N) is 1. The van der Waals surface area contributed by atoms with Gasteiger partial charge in [0.25, 0.3) is 0 Å². The van der Waals surface area contributed by atoms with Crippen molar-refractivity contribution < 1.29 is 14.7 Å². The molecular formula is C19H23NO3. The number of carboxylic acid groups (broad SMARTS) is 1. The van der Waals surface area contributed by atoms with Gasteiger partial charge in [0.2, 0.25) is 0 Å². The number of benzene rings is 1. The molecule has 1 saturated heterocycles. The van der Waals surface area contributed by atoms with Crippen molar-refractivity contribution in [2.75, 3.05) is 13.1 Å². The maximum atomic E-state index is 13.1. The number of likely N-dealkylation sites (tertiary alicyclic amines) is 1. The fraction of sp³-hybridized carbons (Fsp3) is 0.579. The second kappa shape index (κ2) is 4.91. The Morgan fingerprint density at radius 2 is 2.13 bits per heavy atom. The predicted molar refractivity (Wildman–Crippen MR) is 86.9 cm³/mol. The van der Waals surface area contributed by atoms with E-state index in [4.69, 9.17) is 0 Å². The molecule has 1 saturated carbocycles. The van der Waals surface area contributed by atoms with Gasteiger partial charge in [0, 0.05) is 12.1 Å². The second-order valence-corrected chi connectivity index (χ2v) is 7.77. The van der Waals surface area contributed by atoms with Crippen molar-refractivity contribution in [3.8, 4) is 0 Å². The summed E-state index contributed by atoms with van der Waals surface area (Å²) in [5.74, 6) is 0.251. The Morgan fingerprint density at radius 3 is 2.78 bits per heavy atom. The van der Waals surface area contributed by atoms with Crippen LogP contribution in [0.3, 0.4) is 0 Å². The molecule has 2 fully saturated rings. The van der Waals surface area contributed by atoms with Crippen molar-refractivity contribution in [1.29, 1.82) is 0 Å². The lowest BCUT2D eigenvalue weighted by Gasteiger charge is -2.53. The molecular weight excluding hydrogens is 290 g/mol. The maximum Gasteiger partial charge on any atom is 0.335 e. The van der Waals surface area contributed by atoms with Gasteiger partial charge in [-0.2, -0.15) is 0 Å². The van der Waals surface area contributed by atoms with Crippen LogP contribution in [-0.4, -0.2) is 40.9 Å². The van der Waals surface area contributed by atoms with E-state index in [2.05, 4.69) is 18.7 Å². The second-order valence-electron chi connectivity index (χ2n) is 7.77. The fourth-order valence-electron chi connectivity index (χ4n) is 4.54. The van der Waals surface area contributed by atoms with E-state index >= 15 is 0 Å². The molecule has 1 aliphatic heterocycles. The van der Waals surface area contributed by atoms with Crippen LogP contribution < -0.4 is 0 Å². The van der Waals surface area contributed by atoms with Gasteiger partial charge in [0.15, 0.2) is 5.78 Å². The highest BCUT2D eigenvalue weighted by atomic mass is 16.4. The summed E-state index contributed by atoms with van der Waals surface area (Å²) in [5, 5.41) is 9.28. The number of carboxylic acids is 1. The average molecular weight is 313 g/mol. The maximum absolute atomic E-state index is 13.1. The number of fused-ring (bicyclic) bond motifs is 4. The summed E-state index contributed by atoms with van der Waals surface area (Å²) in [6.45, 7) is 6.35. The van der Waals surface area contributed by atoms with Gasteiger partial charge in [0.1, 0.15) is 0 Å². The van der Waals surface area contributed by atoms with E-state index < -0.39 is 5.97 Å². The van der Waals surface area contributed by atoms with Gasteiger partial charge in [-0.25, -0.2) is 4.79 Å². The SMILES string of the molecule is C[C@H]1C2C(=O)c3ccc(C(=O)O)cc3[C@]1(C)CCN2CC1CC1. The van der Waals surface area contributed by atoms with Crippen molar-refractivity contribution in [3.05, 3.63) is 34.9 Å². The standard InChI is InChI=1S/C19H23NO3/c1-11-16-17(21)14-6-5-13(18(22)23)9-15(14)19(11,2)7-8-20(16)10-12-3-4-12/h5-6,9,11-12,16H,3-4,7-8,10H2,1-2H3,(H,22,23)/t11-,16?,19+/m0/s1. The smallest absolute Gasteiger partial charge is 0.335 e. The zero-order chi connectivity index (χ0) is 16.4. The average Bonchev–Trinajstić information content (AvgIpc) is 3.33. The van der Waals surface area contributed by atoms with Crippen LogP contribution in [0.4, 0.5) is 0 Å². The topological polar surface area (TPSA) is 57.6 Å². The summed E-state index contributed by atoms with van der Waals surface area (Å²) in [5.41, 5.74) is 1.85. The Hall–Kier alpha value is -1.68. The Labute approximate surface area is 136 Å². The van der Waals surface area contributed by atoms with Crippen LogP contribution in [0.5, 0.6) is 0 Å². The monoisotopic (exact) mass is 313 g/mol. The third kappa shape index (κ3) is 2.15. The number of aromatic carboxylic acids is 1. The first-order valence-electron chi connectivity index (χ1n) is 8.58. The quantitative estimate of drug-likeness (QED) is 0.932. The van der Waals surface area contributed by atoms with Gasteiger partial charge < -0.3 is 5.11 Å². The third-order valence-electron chi connectivity index (χ3n) is 6.40. The van der Waals surface area contributed by atoms with E-state index in [9.17, 15) is 14.7 Å². The minimum absolute atomic E-state index is 0.0440. The van der Waals surface area contributed by atoms with Crippen LogP contribution >= 0.6 is 0 Å². The molecule has 2 aliphatic carbocycles. The number of rotatable bonds is 3. The van der Waals surface area contributed by atoms with E-state index in [1.807, 2.05) is 0 Å². The Kier molecular flexibility index (Phi) is 3.17. The molecule has 1 N–H and O–H groups in total. The summed E-state index contributed by atoms with van der Waals surface area (Å²) < 4.78 is 0. The highest BCUT2D eigenvalue weighted by Crippen LogP contribution is 2.49. The summed E-state index contributed by atoms with van der Waals surface area (Å²) in [4.78, 5) is 26.8. The summed E-state index contributed by atoms with van der Waals surface area (Å²) >= 11 is 0. The van der Waals surface area contributed by atoms with Crippen molar-refractivity contribution in [1.82, 2.24) is 4.90 Å². The first kappa shape index (κ1) is 14.9. The van der Waals surface area contributed by atoms with Gasteiger partial charge >= 0.3 is 5.97 Å². The largest absolute Gasteiger partial charge is 0.478 e. The molecule has 0 amide bonds. The number of hydrogen-bond donors (Lipinski definition) is 1. The molecule has 4 nitrogen and oxygen atoms in total. The lowest BCUT2D eigenvalue weighted by atomic mass is 9.58. The molecule has 0 radical (unpaired) electrons. The summed E-state index contributed by atoms with van der Waals surface area (Å²) in [7, 11) is 0. The molecule has 3 aliphatic rings. The van der Waals surface area contributed by atoms with E-state index in [1.54, 1.807) is 18.2 Å². The molecule has 4 heteroatoms. The van der Waals surface area contributed by atoms with Crippen LogP contribution in [0.1, 0.15) is 59.4 Å². The molecule has 4 rings (SSSR count). The molecule has 0 aromatic heterocycles. The van der Waals surface area contributed by atoms with E-state index in [0.29, 0.717) is 0 Å². The minimum atomic E-state index is -0.926. The first-order valence-corrected chi connectivity index (χ1v) is 8.58. The Morgan fingerprint density at radius 1 is 1.39 bits per heavy atom. The van der Waals surface area contributed by atoms with Crippen LogP contribution in [0.2, 0.25) is 0 Å². The first-order chi connectivity index (χ1) is 10.9. The molecule has 122 valence electrons. The lowest BCUT2D eigenvalue weighted by Crippen LogP contribution is -2.61. The molecule has 1 aromatic carbocycles. The summed E-state index contributed by atoms with van der Waals surface area (Å²) in [6, 6.07) is 4.99. The van der Waals surface area contributed by atoms with Crippen molar-refractivity contribution in [2.45, 2.75) is 44.6 Å². The Balaban J connectivity index is 1.79. The number of carbonyl (C=O) groups excluding carboxylic acids is 1. The molecule has 0 spiro atoms. The normalized spacial score (nSPS) is 33.4. The zero-order valence-corrected chi connectivity index (χ0v) is 13.7. The van der Waals surface area contributed by atoms with E-state index in [0.717, 1.165) is 36.6 Å². The van der Waals surface area contributed by atoms with E-state index in [-0.39, 0.29) is 28.7 Å². The molecule has 3 atom stereocenters. The van der Waals surface area contributed by atoms with Gasteiger partial charge in [-0.15, -0.1) is 0 Å². The number of piperidine rings is 1. The zero-order valence-electron chi connectivity index (χ0n) is 13.7. The van der Waals surface area contributed by atoms with E-state index in [1.165, 1.54) is 12.8 Å². The van der Waals surface area contributed by atoms with Crippen LogP contribution in [0, 0.1) is 11.8 Å². The van der Waals surface area contributed by atoms with Gasteiger partial charge in [0.05, 0.1) is 11.6 Å². The summed E-state index contributed by atoms with van der Waals surface area (Å²) in [6.07, 6.45) is 3.57. The third-order valence-corrected chi connectivity index (χ3v) is 6.40. The van der Waals surface area contributed by atoms with Gasteiger partial charge in [-0.3, -0.25) is 9.69 Å². The van der Waals surface area contributed by atoms with Gasteiger partial charge in [-0.05, 0) is 60.8 Å². The number of hydrogen-bond acceptors (Lipinski definition) is 3. The van der Waals surface area contributed by atoms with Crippen LogP contribution in [-0.2, 0) is 5.41 Å². The van der Waals surface area contributed by atoms with Crippen molar-refractivity contribution in [2.24, 2.45) is 11.8 Å². The van der Waals surface area contributed by atoms with Crippen LogP contribution in [0.25, 0.3) is 0 Å². The van der Waals surface area contributed by atoms with Crippen molar-refractivity contribution >= 4 is 11.8 Å². The number of carbonyl (C=O) groups is 2. The lowest BCUT2D eigenvalue weighted by molar-refractivity contribution is 0.0265. The predicted octanol–water partition coefficient (Wildman–Crippen LogP) is 2.96. The highest BCUT2D eigenvalue weighted by Gasteiger charge is 2.52. The number of ketones is 1. The molecule has 1 unspecified atom stereocenters. The fourth-order valence-corrected chi connectivity index (χ4v) is 4.54. The van der Waals surface area contributed by atoms with Crippen LogP contribution in [0.15, 0.2) is 18.2 Å². The number of Topliss-reactive ketones (excluding diaryl/α,β-unsaturated/α-hetero) is 1. The molecule has 1 aromatic rings. The Bertz CT molecular complexity index is 694. The molecule has 23 heavy (non-hydrogen) atoms.